The van der Waals surface area contributed by atoms with Crippen LogP contribution < -0.4 is 5.32 Å². The van der Waals surface area contributed by atoms with E-state index in [0.29, 0.717) is 0 Å². The van der Waals surface area contributed by atoms with Crippen molar-refractivity contribution in [3.8, 4) is 0 Å². The average Bonchev–Trinajstić information content (AvgIpc) is 2.36. The highest BCUT2D eigenvalue weighted by molar-refractivity contribution is 5.14. The van der Waals surface area contributed by atoms with Crippen LogP contribution in [0.2, 0.25) is 0 Å². The minimum absolute atomic E-state index is 0.765. The third-order valence-electron chi connectivity index (χ3n) is 4.90. The smallest absolute Gasteiger partial charge is 0.0208 e. The lowest BCUT2D eigenvalue weighted by Crippen LogP contribution is -2.40. The van der Waals surface area contributed by atoms with Gasteiger partial charge in [0, 0.05) is 12.6 Å². The zero-order chi connectivity index (χ0) is 11.6. The zero-order valence-corrected chi connectivity index (χ0v) is 10.6. The second-order valence-electron chi connectivity index (χ2n) is 5.99. The molecule has 1 aromatic rings. The van der Waals surface area contributed by atoms with Crippen molar-refractivity contribution < 1.29 is 0 Å². The Balaban J connectivity index is 1.45. The van der Waals surface area contributed by atoms with Gasteiger partial charge in [0.1, 0.15) is 0 Å². The molecule has 0 unspecified atom stereocenters. The Morgan fingerprint density at radius 2 is 1.71 bits per heavy atom. The van der Waals surface area contributed by atoms with Gasteiger partial charge in [-0.2, -0.15) is 0 Å². The second kappa shape index (κ2) is 4.81. The summed E-state index contributed by atoms with van der Waals surface area (Å²) >= 11 is 0. The van der Waals surface area contributed by atoms with Crippen LogP contribution in [0.15, 0.2) is 30.3 Å². The minimum Gasteiger partial charge on any atom is -0.310 e. The van der Waals surface area contributed by atoms with Crippen LogP contribution in [-0.2, 0) is 6.54 Å². The van der Waals surface area contributed by atoms with Gasteiger partial charge in [0.25, 0.3) is 0 Å². The first kappa shape index (κ1) is 11.3. The van der Waals surface area contributed by atoms with Crippen LogP contribution in [0.1, 0.15) is 50.5 Å². The number of benzene rings is 1. The third kappa shape index (κ3) is 2.55. The molecule has 2 saturated carbocycles. The summed E-state index contributed by atoms with van der Waals surface area (Å²) in [6, 6.07) is 11.5. The molecule has 2 fully saturated rings. The normalized spacial score (nSPS) is 23.5. The van der Waals surface area contributed by atoms with E-state index in [-0.39, 0.29) is 0 Å². The van der Waals surface area contributed by atoms with Gasteiger partial charge in [0.15, 0.2) is 0 Å². The fourth-order valence-electron chi connectivity index (χ4n) is 3.47. The van der Waals surface area contributed by atoms with Crippen LogP contribution in [0, 0.1) is 5.41 Å². The van der Waals surface area contributed by atoms with Crippen LogP contribution in [0.4, 0.5) is 0 Å². The lowest BCUT2D eigenvalue weighted by molar-refractivity contribution is 0.0639. The van der Waals surface area contributed by atoms with Gasteiger partial charge in [0.05, 0.1) is 0 Å². The van der Waals surface area contributed by atoms with Crippen LogP contribution in [0.25, 0.3) is 0 Å². The molecule has 0 aliphatic heterocycles. The predicted octanol–water partition coefficient (Wildman–Crippen LogP) is 3.89. The Hall–Kier alpha value is -0.820. The summed E-state index contributed by atoms with van der Waals surface area (Å²) in [6.07, 6.45) is 10.2. The standard InChI is InChI=1S/C16H23N/c1-2-5-14(6-3-1)13-17-15-7-11-16(12-8-15)9-4-10-16/h1-3,5-6,15,17H,4,7-13H2. The van der Waals surface area contributed by atoms with E-state index in [4.69, 9.17) is 0 Å². The van der Waals surface area contributed by atoms with Crippen molar-refractivity contribution in [3.05, 3.63) is 35.9 Å². The van der Waals surface area contributed by atoms with E-state index in [2.05, 4.69) is 35.6 Å². The summed E-state index contributed by atoms with van der Waals surface area (Å²) in [7, 11) is 0. The van der Waals surface area contributed by atoms with Gasteiger partial charge < -0.3 is 5.32 Å². The van der Waals surface area contributed by atoms with Gasteiger partial charge in [0.2, 0.25) is 0 Å². The van der Waals surface area contributed by atoms with Gasteiger partial charge >= 0.3 is 0 Å². The summed E-state index contributed by atoms with van der Waals surface area (Å²) in [5, 5.41) is 3.72. The summed E-state index contributed by atoms with van der Waals surface area (Å²) in [6.45, 7) is 1.04. The van der Waals surface area contributed by atoms with Gasteiger partial charge in [-0.15, -0.1) is 0 Å². The van der Waals surface area contributed by atoms with Crippen LogP contribution in [0.3, 0.4) is 0 Å². The summed E-state index contributed by atoms with van der Waals surface area (Å²) in [5.41, 5.74) is 2.21. The quantitative estimate of drug-likeness (QED) is 0.829. The van der Waals surface area contributed by atoms with E-state index in [1.165, 1.54) is 50.5 Å². The van der Waals surface area contributed by atoms with Crippen molar-refractivity contribution in [2.45, 2.75) is 57.5 Å². The first-order chi connectivity index (χ1) is 8.36. The monoisotopic (exact) mass is 229 g/mol. The van der Waals surface area contributed by atoms with Crippen LogP contribution in [-0.4, -0.2) is 6.04 Å². The largest absolute Gasteiger partial charge is 0.310 e. The highest BCUT2D eigenvalue weighted by Gasteiger charge is 2.39. The number of rotatable bonds is 3. The number of hydrogen-bond acceptors (Lipinski definition) is 1. The molecule has 0 saturated heterocycles. The molecule has 0 amide bonds. The Bertz CT molecular complexity index is 343. The maximum Gasteiger partial charge on any atom is 0.0208 e. The van der Waals surface area contributed by atoms with Gasteiger partial charge in [-0.1, -0.05) is 36.8 Å². The Kier molecular flexibility index (Phi) is 3.19. The molecule has 1 nitrogen and oxygen atoms in total. The van der Waals surface area contributed by atoms with E-state index in [9.17, 15) is 0 Å². The molecule has 17 heavy (non-hydrogen) atoms. The second-order valence-corrected chi connectivity index (χ2v) is 5.99. The molecule has 2 aliphatic carbocycles. The van der Waals surface area contributed by atoms with Gasteiger partial charge in [-0.3, -0.25) is 0 Å². The molecule has 0 atom stereocenters. The zero-order valence-electron chi connectivity index (χ0n) is 10.6. The lowest BCUT2D eigenvalue weighted by Gasteiger charge is -2.47. The average molecular weight is 229 g/mol. The highest BCUT2D eigenvalue weighted by atomic mass is 14.9. The van der Waals surface area contributed by atoms with Crippen molar-refractivity contribution in [2.24, 2.45) is 5.41 Å². The Morgan fingerprint density at radius 1 is 1.00 bits per heavy atom. The molecule has 92 valence electrons. The summed E-state index contributed by atoms with van der Waals surface area (Å²) in [4.78, 5) is 0. The predicted molar refractivity (Wildman–Crippen MR) is 71.8 cm³/mol. The van der Waals surface area contributed by atoms with E-state index in [1.54, 1.807) is 0 Å². The Labute approximate surface area is 105 Å². The van der Waals surface area contributed by atoms with Crippen molar-refractivity contribution in [3.63, 3.8) is 0 Å². The molecule has 2 aliphatic rings. The van der Waals surface area contributed by atoms with E-state index < -0.39 is 0 Å². The van der Waals surface area contributed by atoms with Crippen LogP contribution >= 0.6 is 0 Å². The molecule has 1 aromatic carbocycles. The highest BCUT2D eigenvalue weighted by Crippen LogP contribution is 2.51. The molecule has 1 N–H and O–H groups in total. The Morgan fingerprint density at radius 3 is 2.29 bits per heavy atom. The first-order valence-electron chi connectivity index (χ1n) is 7.14. The molecule has 0 bridgehead atoms. The van der Waals surface area contributed by atoms with Crippen molar-refractivity contribution in [2.75, 3.05) is 0 Å². The number of nitrogens with one attached hydrogen (secondary N) is 1. The molecule has 0 aromatic heterocycles. The number of hydrogen-bond donors (Lipinski definition) is 1. The molecular formula is C16H23N. The lowest BCUT2D eigenvalue weighted by atomic mass is 9.60. The summed E-state index contributed by atoms with van der Waals surface area (Å²) in [5.74, 6) is 0. The van der Waals surface area contributed by atoms with E-state index >= 15 is 0 Å². The van der Waals surface area contributed by atoms with Gasteiger partial charge in [-0.05, 0) is 49.5 Å². The first-order valence-corrected chi connectivity index (χ1v) is 7.14. The molecule has 0 heterocycles. The summed E-state index contributed by atoms with van der Waals surface area (Å²) < 4.78 is 0. The minimum atomic E-state index is 0.765. The topological polar surface area (TPSA) is 12.0 Å². The van der Waals surface area contributed by atoms with Crippen LogP contribution in [0.5, 0.6) is 0 Å². The van der Waals surface area contributed by atoms with E-state index in [1.807, 2.05) is 0 Å². The fourth-order valence-corrected chi connectivity index (χ4v) is 3.47. The fraction of sp³-hybridized carbons (Fsp3) is 0.625. The molecule has 1 spiro atoms. The maximum atomic E-state index is 3.72. The molecular weight excluding hydrogens is 206 g/mol. The SMILES string of the molecule is c1ccc(CNC2CCC3(CCC3)CC2)cc1. The molecule has 1 heteroatoms. The van der Waals surface area contributed by atoms with Gasteiger partial charge in [-0.25, -0.2) is 0 Å². The van der Waals surface area contributed by atoms with E-state index in [0.717, 1.165) is 18.0 Å². The molecule has 3 rings (SSSR count). The van der Waals surface area contributed by atoms with Crippen molar-refractivity contribution in [1.29, 1.82) is 0 Å². The third-order valence-corrected chi connectivity index (χ3v) is 4.90. The van der Waals surface area contributed by atoms with Crippen molar-refractivity contribution >= 4 is 0 Å². The van der Waals surface area contributed by atoms with Crippen molar-refractivity contribution in [1.82, 2.24) is 5.32 Å². The maximum absolute atomic E-state index is 3.72. The molecule has 0 radical (unpaired) electrons.